The third-order valence-corrected chi connectivity index (χ3v) is 14.3. The predicted octanol–water partition coefficient (Wildman–Crippen LogP) is 6.65. The molecule has 0 unspecified atom stereocenters. The van der Waals surface area contributed by atoms with E-state index in [1.54, 1.807) is 13.2 Å². The molecule has 2 fully saturated rings. The van der Waals surface area contributed by atoms with Gasteiger partial charge in [0.25, 0.3) is 5.91 Å². The zero-order valence-electron chi connectivity index (χ0n) is 28.7. The first-order valence-electron chi connectivity index (χ1n) is 18.0. The summed E-state index contributed by atoms with van der Waals surface area (Å²) in [5, 5.41) is 10.2. The number of amides is 1. The fourth-order valence-corrected chi connectivity index (χ4v) is 11.4. The van der Waals surface area contributed by atoms with Crippen molar-refractivity contribution >= 4 is 38.7 Å². The van der Waals surface area contributed by atoms with Crippen LogP contribution in [0.1, 0.15) is 73.4 Å². The minimum Gasteiger partial charge on any atom is -0.490 e. The number of carbonyl (C=O) groups excluding carboxylic acids is 2. The molecular formula is C39H49ClN2O6S. The summed E-state index contributed by atoms with van der Waals surface area (Å²) in [6.07, 6.45) is 11.1. The van der Waals surface area contributed by atoms with E-state index >= 15 is 0 Å². The molecule has 5 aliphatic rings. The van der Waals surface area contributed by atoms with Crippen LogP contribution >= 0.6 is 11.6 Å². The lowest BCUT2D eigenvalue weighted by Crippen LogP contribution is -2.49. The Bertz CT molecular complexity index is 1750. The van der Waals surface area contributed by atoms with Gasteiger partial charge in [-0.3, -0.25) is 9.59 Å². The molecule has 7 rings (SSSR count). The van der Waals surface area contributed by atoms with Gasteiger partial charge in [0.2, 0.25) is 0 Å². The van der Waals surface area contributed by atoms with Gasteiger partial charge in [-0.15, -0.1) is 0 Å². The molecule has 2 saturated carbocycles. The van der Waals surface area contributed by atoms with Crippen LogP contribution in [0.25, 0.3) is 0 Å². The molecule has 49 heavy (non-hydrogen) atoms. The molecule has 1 spiro atoms. The summed E-state index contributed by atoms with van der Waals surface area (Å²) in [6, 6.07) is 11.7. The van der Waals surface area contributed by atoms with Gasteiger partial charge in [-0.25, -0.2) is 4.21 Å². The minimum atomic E-state index is -3.19. The van der Waals surface area contributed by atoms with Crippen molar-refractivity contribution in [1.29, 1.82) is 0 Å². The van der Waals surface area contributed by atoms with Crippen LogP contribution in [0.2, 0.25) is 5.02 Å². The second-order valence-electron chi connectivity index (χ2n) is 15.4. The lowest BCUT2D eigenvalue weighted by molar-refractivity contribution is -0.117. The number of hydrogen-bond acceptors (Lipinski definition) is 7. The number of ketones is 1. The van der Waals surface area contributed by atoms with E-state index < -0.39 is 15.6 Å². The minimum absolute atomic E-state index is 0.0328. The maximum atomic E-state index is 14.5. The maximum Gasteiger partial charge on any atom is 0.285 e. The van der Waals surface area contributed by atoms with E-state index in [2.05, 4.69) is 33.5 Å². The van der Waals surface area contributed by atoms with E-state index in [0.29, 0.717) is 30.4 Å². The van der Waals surface area contributed by atoms with Crippen molar-refractivity contribution in [3.63, 3.8) is 0 Å². The number of allylic oxidation sites excluding steroid dienone is 1. The molecule has 2 heterocycles. The van der Waals surface area contributed by atoms with Crippen LogP contribution < -0.4 is 9.64 Å². The fraction of sp³-hybridized carbons (Fsp3) is 0.590. The molecule has 10 heteroatoms. The van der Waals surface area contributed by atoms with Gasteiger partial charge >= 0.3 is 0 Å². The number of aryl methyl sites for hydroxylation is 1. The molecule has 8 atom stereocenters. The molecule has 3 aliphatic carbocycles. The predicted molar refractivity (Wildman–Crippen MR) is 193 cm³/mol. The van der Waals surface area contributed by atoms with Crippen molar-refractivity contribution in [1.82, 2.24) is 0 Å². The molecule has 8 nitrogen and oxygen atoms in total. The molecule has 2 aromatic rings. The van der Waals surface area contributed by atoms with Crippen LogP contribution in [0.3, 0.4) is 0 Å². The van der Waals surface area contributed by atoms with Crippen molar-refractivity contribution in [3.8, 4) is 5.75 Å². The second-order valence-corrected chi connectivity index (χ2v) is 18.2. The lowest BCUT2D eigenvalue weighted by Gasteiger charge is -2.46. The van der Waals surface area contributed by atoms with Gasteiger partial charge in [0.05, 0.1) is 33.9 Å². The van der Waals surface area contributed by atoms with Crippen LogP contribution in [0.4, 0.5) is 5.69 Å². The zero-order valence-corrected chi connectivity index (χ0v) is 30.2. The molecule has 264 valence electrons. The standard InChI is InChI=1S/C39H49ClN2O6S/c1-25-5-3-7-36(47-2)33-11-8-28(33)19-42-23-39(14-4-6-26-16-31(40)10-12-34(26)39)24-48-37-13-9-27(18-35(37)42)38(45)41-49(46,21-25)22-32(44)17-29-15-30(29)20-43/h3,7,9-10,12-13,16,18,25,28-30,33,36,43H,4-6,8,11,14-15,17,19-24H2,1-2H3/b7-3+/t25-,28-,29+,30-,33+,36-,39-,49+/m0/s1. The van der Waals surface area contributed by atoms with Crippen LogP contribution in [-0.2, 0) is 31.1 Å². The second kappa shape index (κ2) is 14.1. The fourth-order valence-electron chi connectivity index (χ4n) is 8.86. The Morgan fingerprint density at radius 3 is 2.82 bits per heavy atom. The molecule has 0 aromatic heterocycles. The number of methoxy groups -OCH3 is 1. The van der Waals surface area contributed by atoms with Crippen LogP contribution in [0.5, 0.6) is 5.75 Å². The van der Waals surface area contributed by atoms with Crippen molar-refractivity contribution in [2.75, 3.05) is 49.8 Å². The first-order chi connectivity index (χ1) is 23.6. The third kappa shape index (κ3) is 7.37. The van der Waals surface area contributed by atoms with Crippen molar-refractivity contribution in [2.45, 2.75) is 69.8 Å². The lowest BCUT2D eigenvalue weighted by atomic mass is 9.68. The SMILES string of the molecule is CO[C@H]1/C=C/C[C@H](C)C[S@@](=O)(CC(=O)C[C@H]2C[C@H]2CO)=NC(=O)c2ccc3c(c2)N(C[C@@H]2CC[C@H]21)C[C@@]1(CCCc2cc(Cl)ccc21)CO3. The molecular weight excluding hydrogens is 660 g/mol. The quantitative estimate of drug-likeness (QED) is 0.335. The van der Waals surface area contributed by atoms with Gasteiger partial charge in [-0.05, 0) is 116 Å². The molecule has 1 amide bonds. The van der Waals surface area contributed by atoms with E-state index in [9.17, 15) is 18.9 Å². The third-order valence-electron chi connectivity index (χ3n) is 11.7. The van der Waals surface area contributed by atoms with Gasteiger partial charge < -0.3 is 19.5 Å². The Balaban J connectivity index is 1.27. The first kappa shape index (κ1) is 34.7. The number of carbonyl (C=O) groups is 2. The van der Waals surface area contributed by atoms with Gasteiger partial charge in [0.15, 0.2) is 0 Å². The Kier molecular flexibility index (Phi) is 10.0. The number of rotatable bonds is 6. The van der Waals surface area contributed by atoms with E-state index in [0.717, 1.165) is 68.1 Å². The van der Waals surface area contributed by atoms with Gasteiger partial charge in [-0.2, -0.15) is 4.36 Å². The normalized spacial score (nSPS) is 34.8. The number of anilines is 1. The average molecular weight is 709 g/mol. The number of Topliss-reactive ketones (excluding diaryl/α,β-unsaturated/α-hetero) is 1. The summed E-state index contributed by atoms with van der Waals surface area (Å²) < 4.78 is 31.5. The molecule has 1 N–H and O–H groups in total. The Morgan fingerprint density at radius 2 is 2.06 bits per heavy atom. The van der Waals surface area contributed by atoms with E-state index in [1.165, 1.54) is 11.1 Å². The zero-order chi connectivity index (χ0) is 34.3. The topological polar surface area (TPSA) is 106 Å². The van der Waals surface area contributed by atoms with Crippen molar-refractivity contribution in [2.24, 2.45) is 34.0 Å². The number of halogens is 1. The molecule has 2 bridgehead atoms. The van der Waals surface area contributed by atoms with Gasteiger partial charge in [-0.1, -0.05) is 36.7 Å². The monoisotopic (exact) mass is 708 g/mol. The first-order valence-corrected chi connectivity index (χ1v) is 20.2. The number of fused-ring (bicyclic) bond motifs is 4. The van der Waals surface area contributed by atoms with Gasteiger partial charge in [0, 0.05) is 55.0 Å². The summed E-state index contributed by atoms with van der Waals surface area (Å²) in [7, 11) is -1.42. The number of aliphatic hydroxyl groups is 1. The molecule has 0 saturated heterocycles. The highest BCUT2D eigenvalue weighted by Gasteiger charge is 2.44. The Hall–Kier alpha value is -2.72. The van der Waals surface area contributed by atoms with E-state index in [1.807, 2.05) is 25.1 Å². The largest absolute Gasteiger partial charge is 0.490 e. The molecule has 2 aromatic carbocycles. The number of ether oxygens (including phenoxy) is 2. The van der Waals surface area contributed by atoms with Crippen LogP contribution in [0.15, 0.2) is 52.9 Å². The summed E-state index contributed by atoms with van der Waals surface area (Å²) in [5.74, 6) is 0.869. The highest BCUT2D eigenvalue weighted by Crippen LogP contribution is 2.47. The maximum absolute atomic E-state index is 14.5. The molecule has 2 aliphatic heterocycles. The van der Waals surface area contributed by atoms with Crippen LogP contribution in [0, 0.1) is 29.6 Å². The number of nitrogens with zero attached hydrogens (tertiary/aromatic N) is 2. The number of hydrogen-bond donors (Lipinski definition) is 1. The Morgan fingerprint density at radius 1 is 1.20 bits per heavy atom. The summed E-state index contributed by atoms with van der Waals surface area (Å²) >= 11 is 6.45. The average Bonchev–Trinajstić information content (AvgIpc) is 3.83. The van der Waals surface area contributed by atoms with Crippen molar-refractivity contribution in [3.05, 3.63) is 70.3 Å². The highest BCUT2D eigenvalue weighted by molar-refractivity contribution is 7.94. The summed E-state index contributed by atoms with van der Waals surface area (Å²) in [4.78, 5) is 29.5. The van der Waals surface area contributed by atoms with Crippen LogP contribution in [-0.4, -0.2) is 72.0 Å². The number of benzene rings is 2. The summed E-state index contributed by atoms with van der Waals surface area (Å²) in [5.41, 5.74) is 3.51. The van der Waals surface area contributed by atoms with Gasteiger partial charge in [0.1, 0.15) is 11.5 Å². The van der Waals surface area contributed by atoms with E-state index in [-0.39, 0.29) is 59.6 Å². The Labute approximate surface area is 295 Å². The van der Waals surface area contributed by atoms with E-state index in [4.69, 9.17) is 21.1 Å². The number of aliphatic hydroxyl groups excluding tert-OH is 1. The molecule has 0 radical (unpaired) electrons. The summed E-state index contributed by atoms with van der Waals surface area (Å²) in [6.45, 7) is 4.11. The highest BCUT2D eigenvalue weighted by atomic mass is 35.5. The smallest absolute Gasteiger partial charge is 0.285 e. The van der Waals surface area contributed by atoms with Crippen molar-refractivity contribution < 1.29 is 28.4 Å².